The summed E-state index contributed by atoms with van der Waals surface area (Å²) in [7, 11) is 0. The predicted molar refractivity (Wildman–Crippen MR) is 108 cm³/mol. The maximum absolute atomic E-state index is 4.47. The molecule has 0 saturated heterocycles. The highest BCUT2D eigenvalue weighted by Crippen LogP contribution is 2.27. The van der Waals surface area contributed by atoms with Gasteiger partial charge in [-0.2, -0.15) is 0 Å². The summed E-state index contributed by atoms with van der Waals surface area (Å²) in [5, 5.41) is 6.74. The van der Waals surface area contributed by atoms with E-state index in [0.717, 1.165) is 38.4 Å². The molecule has 0 unspecified atom stereocenters. The van der Waals surface area contributed by atoms with Crippen LogP contribution in [0.15, 0.2) is 65.7 Å². The molecule has 2 aromatic rings. The second-order valence-corrected chi connectivity index (χ2v) is 5.60. The van der Waals surface area contributed by atoms with Gasteiger partial charge in [-0.05, 0) is 24.0 Å². The summed E-state index contributed by atoms with van der Waals surface area (Å²) in [6.07, 6.45) is 2.18. The van der Waals surface area contributed by atoms with Gasteiger partial charge in [0, 0.05) is 25.6 Å². The molecule has 0 aromatic heterocycles. The molecule has 2 aromatic carbocycles. The lowest BCUT2D eigenvalue weighted by atomic mass is 9.88. The van der Waals surface area contributed by atoms with Crippen LogP contribution < -0.4 is 10.6 Å². The average molecular weight is 421 g/mol. The van der Waals surface area contributed by atoms with Crippen LogP contribution in [-0.2, 0) is 0 Å². The molecule has 0 fully saturated rings. The summed E-state index contributed by atoms with van der Waals surface area (Å²) < 4.78 is 0. The van der Waals surface area contributed by atoms with Crippen molar-refractivity contribution in [3.05, 3.63) is 71.8 Å². The Morgan fingerprint density at radius 1 is 0.957 bits per heavy atom. The van der Waals surface area contributed by atoms with Crippen molar-refractivity contribution >= 4 is 29.9 Å². The SMILES string of the molecule is I.c1ccc(C(CCNC2=NCCCN2)c2ccccc2)cc1. The van der Waals surface area contributed by atoms with Gasteiger partial charge in [-0.15, -0.1) is 24.0 Å². The van der Waals surface area contributed by atoms with Crippen LogP contribution in [-0.4, -0.2) is 25.6 Å². The average Bonchev–Trinajstić information content (AvgIpc) is 2.61. The van der Waals surface area contributed by atoms with Crippen LogP contribution in [0, 0.1) is 0 Å². The Hall–Kier alpha value is -1.56. The van der Waals surface area contributed by atoms with Crippen molar-refractivity contribution in [3.63, 3.8) is 0 Å². The third kappa shape index (κ3) is 5.23. The summed E-state index contributed by atoms with van der Waals surface area (Å²) in [4.78, 5) is 4.47. The molecule has 1 aliphatic heterocycles. The van der Waals surface area contributed by atoms with Gasteiger partial charge in [0.05, 0.1) is 0 Å². The summed E-state index contributed by atoms with van der Waals surface area (Å²) in [5.74, 6) is 1.37. The predicted octanol–water partition coefficient (Wildman–Crippen LogP) is 3.77. The monoisotopic (exact) mass is 421 g/mol. The van der Waals surface area contributed by atoms with Crippen LogP contribution >= 0.6 is 24.0 Å². The standard InChI is InChI=1S/C19H23N3.HI/c1-3-8-16(9-4-1)18(17-10-5-2-6-11-17)12-15-22-19-20-13-7-14-21-19;/h1-6,8-11,18H,7,12-15H2,(H2,20,21,22);1H. The van der Waals surface area contributed by atoms with Crippen LogP contribution in [0.25, 0.3) is 0 Å². The van der Waals surface area contributed by atoms with Gasteiger partial charge in [-0.25, -0.2) is 0 Å². The number of guanidine groups is 1. The van der Waals surface area contributed by atoms with Crippen LogP contribution in [0.1, 0.15) is 29.9 Å². The molecule has 0 bridgehead atoms. The molecule has 0 radical (unpaired) electrons. The van der Waals surface area contributed by atoms with Gasteiger partial charge in [0.1, 0.15) is 0 Å². The van der Waals surface area contributed by atoms with Gasteiger partial charge in [-0.3, -0.25) is 4.99 Å². The van der Waals surface area contributed by atoms with Crippen LogP contribution in [0.3, 0.4) is 0 Å². The first-order chi connectivity index (χ1) is 10.9. The lowest BCUT2D eigenvalue weighted by Crippen LogP contribution is -2.41. The van der Waals surface area contributed by atoms with Crippen LogP contribution in [0.5, 0.6) is 0 Å². The fraction of sp³-hybridized carbons (Fsp3) is 0.316. The molecule has 0 amide bonds. The van der Waals surface area contributed by atoms with Gasteiger partial charge in [0.2, 0.25) is 0 Å². The molecule has 0 atom stereocenters. The highest BCUT2D eigenvalue weighted by atomic mass is 127. The van der Waals surface area contributed by atoms with E-state index in [1.54, 1.807) is 0 Å². The number of rotatable bonds is 5. The molecule has 1 heterocycles. The highest BCUT2D eigenvalue weighted by Gasteiger charge is 2.14. The Bertz CT molecular complexity index is 559. The lowest BCUT2D eigenvalue weighted by Gasteiger charge is -2.20. The van der Waals surface area contributed by atoms with E-state index in [4.69, 9.17) is 0 Å². The maximum Gasteiger partial charge on any atom is 0.191 e. The fourth-order valence-electron chi connectivity index (χ4n) is 2.88. The summed E-state index contributed by atoms with van der Waals surface area (Å²) in [5.41, 5.74) is 2.74. The van der Waals surface area contributed by atoms with Gasteiger partial charge in [0.25, 0.3) is 0 Å². The van der Waals surface area contributed by atoms with E-state index >= 15 is 0 Å². The number of benzene rings is 2. The molecule has 0 saturated carbocycles. The number of halogens is 1. The van der Waals surface area contributed by atoms with Crippen molar-refractivity contribution in [1.29, 1.82) is 0 Å². The smallest absolute Gasteiger partial charge is 0.191 e. The second kappa shape index (κ2) is 9.55. The minimum absolute atomic E-state index is 0. The van der Waals surface area contributed by atoms with Crippen molar-refractivity contribution in [2.75, 3.05) is 19.6 Å². The zero-order valence-electron chi connectivity index (χ0n) is 13.2. The minimum atomic E-state index is 0. The van der Waals surface area contributed by atoms with Gasteiger partial charge >= 0.3 is 0 Å². The van der Waals surface area contributed by atoms with Gasteiger partial charge in [-0.1, -0.05) is 60.7 Å². The van der Waals surface area contributed by atoms with Crippen molar-refractivity contribution in [2.45, 2.75) is 18.8 Å². The largest absolute Gasteiger partial charge is 0.356 e. The fourth-order valence-corrected chi connectivity index (χ4v) is 2.88. The molecular formula is C19H24IN3. The third-order valence-corrected chi connectivity index (χ3v) is 4.03. The topological polar surface area (TPSA) is 36.4 Å². The maximum atomic E-state index is 4.47. The molecule has 23 heavy (non-hydrogen) atoms. The molecule has 0 spiro atoms. The van der Waals surface area contributed by atoms with E-state index in [2.05, 4.69) is 76.3 Å². The Balaban J connectivity index is 0.00000192. The Labute approximate surface area is 155 Å². The van der Waals surface area contributed by atoms with E-state index in [1.807, 2.05) is 0 Å². The Morgan fingerprint density at radius 3 is 2.09 bits per heavy atom. The van der Waals surface area contributed by atoms with Crippen molar-refractivity contribution in [1.82, 2.24) is 10.6 Å². The van der Waals surface area contributed by atoms with Crippen LogP contribution in [0.4, 0.5) is 0 Å². The minimum Gasteiger partial charge on any atom is -0.356 e. The van der Waals surface area contributed by atoms with E-state index in [1.165, 1.54) is 11.1 Å². The Morgan fingerprint density at radius 2 is 1.57 bits per heavy atom. The first-order valence-electron chi connectivity index (χ1n) is 8.05. The molecule has 3 rings (SSSR count). The van der Waals surface area contributed by atoms with E-state index < -0.39 is 0 Å². The molecule has 2 N–H and O–H groups in total. The summed E-state index contributed by atoms with van der Waals surface area (Å²) in [6, 6.07) is 21.5. The summed E-state index contributed by atoms with van der Waals surface area (Å²) in [6.45, 7) is 2.86. The molecule has 122 valence electrons. The zero-order chi connectivity index (χ0) is 15.0. The van der Waals surface area contributed by atoms with Crippen molar-refractivity contribution < 1.29 is 0 Å². The van der Waals surface area contributed by atoms with Crippen molar-refractivity contribution in [3.8, 4) is 0 Å². The highest BCUT2D eigenvalue weighted by molar-refractivity contribution is 14.0. The van der Waals surface area contributed by atoms with E-state index in [-0.39, 0.29) is 24.0 Å². The molecule has 1 aliphatic rings. The second-order valence-electron chi connectivity index (χ2n) is 5.60. The Kier molecular flexibility index (Phi) is 7.39. The normalized spacial score (nSPS) is 13.7. The molecule has 3 nitrogen and oxygen atoms in total. The number of aliphatic imine (C=N–C) groups is 1. The molecule has 0 aliphatic carbocycles. The first kappa shape index (κ1) is 17.8. The lowest BCUT2D eigenvalue weighted by molar-refractivity contribution is 0.656. The number of hydrogen-bond donors (Lipinski definition) is 2. The third-order valence-electron chi connectivity index (χ3n) is 4.03. The number of hydrogen-bond acceptors (Lipinski definition) is 3. The van der Waals surface area contributed by atoms with E-state index in [9.17, 15) is 0 Å². The van der Waals surface area contributed by atoms with Crippen LogP contribution in [0.2, 0.25) is 0 Å². The molecular weight excluding hydrogens is 397 g/mol. The van der Waals surface area contributed by atoms with E-state index in [0.29, 0.717) is 5.92 Å². The zero-order valence-corrected chi connectivity index (χ0v) is 15.6. The van der Waals surface area contributed by atoms with Crippen molar-refractivity contribution in [2.24, 2.45) is 4.99 Å². The number of nitrogens with zero attached hydrogens (tertiary/aromatic N) is 1. The first-order valence-corrected chi connectivity index (χ1v) is 8.05. The quantitative estimate of drug-likeness (QED) is 0.722. The molecule has 4 heteroatoms. The van der Waals surface area contributed by atoms with Gasteiger partial charge < -0.3 is 10.6 Å². The van der Waals surface area contributed by atoms with Gasteiger partial charge in [0.15, 0.2) is 5.96 Å². The number of nitrogens with one attached hydrogen (secondary N) is 2. The summed E-state index contributed by atoms with van der Waals surface area (Å²) >= 11 is 0.